The van der Waals surface area contributed by atoms with Crippen molar-refractivity contribution in [1.82, 2.24) is 5.32 Å². The van der Waals surface area contributed by atoms with Crippen molar-refractivity contribution < 1.29 is 13.9 Å². The normalized spacial score (nSPS) is 29.7. The lowest BCUT2D eigenvalue weighted by molar-refractivity contribution is -0.153. The molecule has 0 saturated carbocycles. The molecule has 4 heteroatoms. The average Bonchev–Trinajstić information content (AvgIpc) is 2.72. The van der Waals surface area contributed by atoms with Crippen LogP contribution in [0.25, 0.3) is 0 Å². The van der Waals surface area contributed by atoms with Crippen LogP contribution >= 0.6 is 0 Å². The molecule has 2 saturated heterocycles. The number of morpholine rings is 1. The molecule has 0 radical (unpaired) electrons. The summed E-state index contributed by atoms with van der Waals surface area (Å²) in [6.07, 6.45) is 1.89. The first-order valence-corrected chi connectivity index (χ1v) is 5.36. The van der Waals surface area contributed by atoms with Gasteiger partial charge < -0.3 is 19.2 Å². The summed E-state index contributed by atoms with van der Waals surface area (Å²) in [5, 5.41) is 3.35. The van der Waals surface area contributed by atoms with Gasteiger partial charge in [-0.05, 0) is 12.1 Å². The zero-order valence-corrected chi connectivity index (χ0v) is 8.57. The molecule has 1 aromatic heterocycles. The van der Waals surface area contributed by atoms with Gasteiger partial charge in [-0.25, -0.2) is 0 Å². The minimum absolute atomic E-state index is 0.0586. The number of rotatable bonds is 2. The Morgan fingerprint density at radius 3 is 2.87 bits per heavy atom. The second-order valence-corrected chi connectivity index (χ2v) is 4.19. The van der Waals surface area contributed by atoms with Crippen molar-refractivity contribution in [3.05, 3.63) is 24.2 Å². The third kappa shape index (κ3) is 1.40. The van der Waals surface area contributed by atoms with E-state index < -0.39 is 0 Å². The van der Waals surface area contributed by atoms with Crippen LogP contribution in [0.15, 0.2) is 22.8 Å². The van der Waals surface area contributed by atoms with E-state index in [0.717, 1.165) is 25.5 Å². The standard InChI is InChI=1S/C11H15NO3/c1-2-9(14-4-1)11(7-13-8-11)10-6-12-3-5-15-10/h1-2,4,10,12H,3,5-8H2. The molecule has 2 aliphatic rings. The lowest BCUT2D eigenvalue weighted by atomic mass is 9.77. The van der Waals surface area contributed by atoms with Gasteiger partial charge in [-0.15, -0.1) is 0 Å². The maximum Gasteiger partial charge on any atom is 0.117 e. The van der Waals surface area contributed by atoms with E-state index in [2.05, 4.69) is 5.32 Å². The number of furan rings is 1. The minimum atomic E-state index is -0.0586. The molecule has 4 nitrogen and oxygen atoms in total. The van der Waals surface area contributed by atoms with Crippen LogP contribution in [0, 0.1) is 0 Å². The van der Waals surface area contributed by atoms with E-state index in [1.54, 1.807) is 6.26 Å². The van der Waals surface area contributed by atoms with Crippen molar-refractivity contribution in [3.8, 4) is 0 Å². The Balaban J connectivity index is 1.85. The summed E-state index contributed by atoms with van der Waals surface area (Å²) >= 11 is 0. The monoisotopic (exact) mass is 209 g/mol. The Labute approximate surface area is 88.5 Å². The van der Waals surface area contributed by atoms with Crippen LogP contribution in [0.5, 0.6) is 0 Å². The zero-order chi connectivity index (χ0) is 10.1. The van der Waals surface area contributed by atoms with Crippen molar-refractivity contribution in [1.29, 1.82) is 0 Å². The van der Waals surface area contributed by atoms with Gasteiger partial charge in [0.1, 0.15) is 11.2 Å². The molecule has 1 N–H and O–H groups in total. The summed E-state index contributed by atoms with van der Waals surface area (Å²) < 4.78 is 16.7. The van der Waals surface area contributed by atoms with Crippen LogP contribution in [0.2, 0.25) is 0 Å². The van der Waals surface area contributed by atoms with E-state index in [9.17, 15) is 0 Å². The Morgan fingerprint density at radius 2 is 2.33 bits per heavy atom. The Kier molecular flexibility index (Phi) is 2.27. The first-order valence-electron chi connectivity index (χ1n) is 5.36. The van der Waals surface area contributed by atoms with Crippen molar-refractivity contribution in [2.75, 3.05) is 32.9 Å². The van der Waals surface area contributed by atoms with Crippen molar-refractivity contribution in [3.63, 3.8) is 0 Å². The molecule has 0 aliphatic carbocycles. The molecule has 0 spiro atoms. The predicted molar refractivity (Wildman–Crippen MR) is 53.8 cm³/mol. The minimum Gasteiger partial charge on any atom is -0.468 e. The quantitative estimate of drug-likeness (QED) is 0.772. The highest BCUT2D eigenvalue weighted by molar-refractivity contribution is 5.21. The summed E-state index contributed by atoms with van der Waals surface area (Å²) in [7, 11) is 0. The summed E-state index contributed by atoms with van der Waals surface area (Å²) in [6, 6.07) is 3.94. The van der Waals surface area contributed by atoms with Gasteiger partial charge in [-0.2, -0.15) is 0 Å². The number of hydrogen-bond acceptors (Lipinski definition) is 4. The maximum absolute atomic E-state index is 5.81. The zero-order valence-electron chi connectivity index (χ0n) is 8.57. The van der Waals surface area contributed by atoms with E-state index >= 15 is 0 Å². The maximum atomic E-state index is 5.81. The van der Waals surface area contributed by atoms with E-state index in [0.29, 0.717) is 13.2 Å². The van der Waals surface area contributed by atoms with Crippen molar-refractivity contribution in [2.24, 2.45) is 0 Å². The van der Waals surface area contributed by atoms with Crippen LogP contribution in [-0.2, 0) is 14.9 Å². The second-order valence-electron chi connectivity index (χ2n) is 4.19. The topological polar surface area (TPSA) is 43.6 Å². The fourth-order valence-corrected chi connectivity index (χ4v) is 2.29. The Bertz CT molecular complexity index is 313. The summed E-state index contributed by atoms with van der Waals surface area (Å²) in [5.74, 6) is 0.988. The molecule has 0 aromatic carbocycles. The van der Waals surface area contributed by atoms with Crippen molar-refractivity contribution in [2.45, 2.75) is 11.5 Å². The Hall–Kier alpha value is -0.840. The van der Waals surface area contributed by atoms with Crippen LogP contribution < -0.4 is 5.32 Å². The molecule has 1 aromatic rings. The van der Waals surface area contributed by atoms with Crippen LogP contribution in [0.4, 0.5) is 0 Å². The van der Waals surface area contributed by atoms with E-state index in [1.165, 1.54) is 0 Å². The second kappa shape index (κ2) is 3.63. The fraction of sp³-hybridized carbons (Fsp3) is 0.636. The third-order valence-corrected chi connectivity index (χ3v) is 3.28. The van der Waals surface area contributed by atoms with E-state index in [1.807, 2.05) is 12.1 Å². The van der Waals surface area contributed by atoms with Crippen LogP contribution in [0.3, 0.4) is 0 Å². The van der Waals surface area contributed by atoms with Gasteiger partial charge in [-0.1, -0.05) is 0 Å². The van der Waals surface area contributed by atoms with Crippen LogP contribution in [-0.4, -0.2) is 39.0 Å². The number of ether oxygens (including phenoxy) is 2. The molecular weight excluding hydrogens is 194 g/mol. The highest BCUT2D eigenvalue weighted by Gasteiger charge is 2.50. The fourth-order valence-electron chi connectivity index (χ4n) is 2.29. The van der Waals surface area contributed by atoms with Gasteiger partial charge >= 0.3 is 0 Å². The smallest absolute Gasteiger partial charge is 0.117 e. The highest BCUT2D eigenvalue weighted by Crippen LogP contribution is 2.37. The predicted octanol–water partition coefficient (Wildman–Crippen LogP) is 0.536. The molecule has 3 rings (SSSR count). The Morgan fingerprint density at radius 1 is 1.40 bits per heavy atom. The first kappa shape index (κ1) is 9.39. The van der Waals surface area contributed by atoms with Gasteiger partial charge in [0, 0.05) is 13.1 Å². The summed E-state index contributed by atoms with van der Waals surface area (Å²) in [6.45, 7) is 3.99. The van der Waals surface area contributed by atoms with Gasteiger partial charge in [0.05, 0.1) is 32.2 Å². The van der Waals surface area contributed by atoms with E-state index in [4.69, 9.17) is 13.9 Å². The molecule has 3 heterocycles. The molecule has 0 amide bonds. The third-order valence-electron chi connectivity index (χ3n) is 3.28. The lowest BCUT2D eigenvalue weighted by Gasteiger charge is -2.46. The van der Waals surface area contributed by atoms with Crippen LogP contribution in [0.1, 0.15) is 5.76 Å². The molecule has 15 heavy (non-hydrogen) atoms. The molecule has 2 aliphatic heterocycles. The molecule has 2 fully saturated rings. The SMILES string of the molecule is c1coc(C2(C3CNCCO3)COC2)c1. The molecule has 1 unspecified atom stereocenters. The van der Waals surface area contributed by atoms with Gasteiger partial charge in [0.2, 0.25) is 0 Å². The largest absolute Gasteiger partial charge is 0.468 e. The van der Waals surface area contributed by atoms with Gasteiger partial charge in [0.25, 0.3) is 0 Å². The van der Waals surface area contributed by atoms with E-state index in [-0.39, 0.29) is 11.5 Å². The van der Waals surface area contributed by atoms with Gasteiger partial charge in [-0.3, -0.25) is 0 Å². The molecule has 82 valence electrons. The lowest BCUT2D eigenvalue weighted by Crippen LogP contribution is -2.61. The number of hydrogen-bond donors (Lipinski definition) is 1. The highest BCUT2D eigenvalue weighted by atomic mass is 16.5. The molecule has 0 bridgehead atoms. The molecular formula is C11H15NO3. The first-order chi connectivity index (χ1) is 7.42. The van der Waals surface area contributed by atoms with Crippen molar-refractivity contribution >= 4 is 0 Å². The average molecular weight is 209 g/mol. The van der Waals surface area contributed by atoms with Gasteiger partial charge in [0.15, 0.2) is 0 Å². The summed E-state index contributed by atoms with van der Waals surface area (Å²) in [5.41, 5.74) is -0.0586. The summed E-state index contributed by atoms with van der Waals surface area (Å²) in [4.78, 5) is 0. The molecule has 1 atom stereocenters. The number of nitrogens with one attached hydrogen (secondary N) is 1.